The van der Waals surface area contributed by atoms with Gasteiger partial charge in [-0.1, -0.05) is 51.1 Å². The molecule has 20 heavy (non-hydrogen) atoms. The summed E-state index contributed by atoms with van der Waals surface area (Å²) < 4.78 is 0. The molecule has 1 saturated carbocycles. The van der Waals surface area contributed by atoms with Gasteiger partial charge >= 0.3 is 0 Å². The zero-order chi connectivity index (χ0) is 14.6. The van der Waals surface area contributed by atoms with Gasteiger partial charge in [0.25, 0.3) is 0 Å². The summed E-state index contributed by atoms with van der Waals surface area (Å²) in [5.74, 6) is 0.963. The molecular weight excluding hydrogens is 244 g/mol. The van der Waals surface area contributed by atoms with Crippen LogP contribution in [0.15, 0.2) is 30.3 Å². The lowest BCUT2D eigenvalue weighted by Crippen LogP contribution is -2.42. The Morgan fingerprint density at radius 1 is 1.25 bits per heavy atom. The number of nitrogens with zero attached hydrogens (tertiary/aromatic N) is 1. The first kappa shape index (κ1) is 15.5. The molecule has 0 aliphatic heterocycles. The summed E-state index contributed by atoms with van der Waals surface area (Å²) >= 11 is 0. The Labute approximate surface area is 124 Å². The molecule has 0 heterocycles. The molecule has 1 N–H and O–H groups in total. The highest BCUT2D eigenvalue weighted by atomic mass is 15.1. The van der Waals surface area contributed by atoms with Gasteiger partial charge < -0.3 is 10.2 Å². The number of rotatable bonds is 8. The van der Waals surface area contributed by atoms with Crippen LogP contribution in [0.3, 0.4) is 0 Å². The largest absolute Gasteiger partial charge is 0.310 e. The molecule has 1 aromatic rings. The minimum atomic E-state index is 0.223. The van der Waals surface area contributed by atoms with E-state index in [1.807, 2.05) is 0 Å². The number of hydrogen-bond donors (Lipinski definition) is 1. The third-order valence-electron chi connectivity index (χ3n) is 4.27. The van der Waals surface area contributed by atoms with Crippen LogP contribution in [0.25, 0.3) is 0 Å². The van der Waals surface area contributed by atoms with E-state index in [1.165, 1.54) is 24.9 Å². The fourth-order valence-electron chi connectivity index (χ4n) is 3.29. The summed E-state index contributed by atoms with van der Waals surface area (Å²) in [5, 5.41) is 3.69. The molecule has 0 amide bonds. The molecule has 1 fully saturated rings. The van der Waals surface area contributed by atoms with Crippen molar-refractivity contribution in [3.63, 3.8) is 0 Å². The Kier molecular flexibility index (Phi) is 5.22. The Hall–Kier alpha value is -0.860. The first-order valence-electron chi connectivity index (χ1n) is 8.00. The average Bonchev–Trinajstić information content (AvgIpc) is 3.19. The van der Waals surface area contributed by atoms with Gasteiger partial charge in [0.2, 0.25) is 0 Å². The standard InChI is InChI=1S/C18H30N2/c1-5-19-17(16-9-7-6-8-10-16)18(2,3)14-20(4)13-15-11-12-15/h6-10,15,17,19H,5,11-14H2,1-4H3. The van der Waals surface area contributed by atoms with Crippen molar-refractivity contribution < 1.29 is 0 Å². The van der Waals surface area contributed by atoms with E-state index in [4.69, 9.17) is 0 Å². The van der Waals surface area contributed by atoms with Gasteiger partial charge in [-0.2, -0.15) is 0 Å². The van der Waals surface area contributed by atoms with E-state index < -0.39 is 0 Å². The van der Waals surface area contributed by atoms with Gasteiger partial charge in [0.05, 0.1) is 0 Å². The molecule has 1 atom stereocenters. The van der Waals surface area contributed by atoms with E-state index in [9.17, 15) is 0 Å². The normalized spacial score (nSPS) is 17.4. The highest BCUT2D eigenvalue weighted by molar-refractivity contribution is 5.21. The van der Waals surface area contributed by atoms with Crippen LogP contribution in [0, 0.1) is 11.3 Å². The lowest BCUT2D eigenvalue weighted by molar-refractivity contribution is 0.154. The molecule has 0 radical (unpaired) electrons. The van der Waals surface area contributed by atoms with Gasteiger partial charge in [-0.15, -0.1) is 0 Å². The van der Waals surface area contributed by atoms with Crippen molar-refractivity contribution in [2.75, 3.05) is 26.7 Å². The first-order chi connectivity index (χ1) is 9.53. The molecule has 2 heteroatoms. The Morgan fingerprint density at radius 2 is 1.90 bits per heavy atom. The van der Waals surface area contributed by atoms with E-state index in [-0.39, 0.29) is 5.41 Å². The summed E-state index contributed by atoms with van der Waals surface area (Å²) in [7, 11) is 2.27. The van der Waals surface area contributed by atoms with Crippen LogP contribution in [0.1, 0.15) is 45.2 Å². The monoisotopic (exact) mass is 274 g/mol. The second kappa shape index (κ2) is 6.73. The smallest absolute Gasteiger partial charge is 0.0384 e. The lowest BCUT2D eigenvalue weighted by Gasteiger charge is -2.38. The Morgan fingerprint density at radius 3 is 2.45 bits per heavy atom. The maximum absolute atomic E-state index is 3.69. The van der Waals surface area contributed by atoms with Crippen molar-refractivity contribution in [3.05, 3.63) is 35.9 Å². The van der Waals surface area contributed by atoms with E-state index in [0.717, 1.165) is 19.0 Å². The summed E-state index contributed by atoms with van der Waals surface area (Å²) in [6.07, 6.45) is 2.86. The lowest BCUT2D eigenvalue weighted by atomic mass is 9.79. The molecule has 1 aliphatic carbocycles. The molecular formula is C18H30N2. The second-order valence-electron chi connectivity index (χ2n) is 7.03. The van der Waals surface area contributed by atoms with Crippen LogP contribution in [-0.4, -0.2) is 31.6 Å². The van der Waals surface area contributed by atoms with Crippen LogP contribution in [0.2, 0.25) is 0 Å². The third-order valence-corrected chi connectivity index (χ3v) is 4.27. The van der Waals surface area contributed by atoms with Gasteiger partial charge in [0.15, 0.2) is 0 Å². The van der Waals surface area contributed by atoms with Gasteiger partial charge in [0.1, 0.15) is 0 Å². The third kappa shape index (κ3) is 4.32. The quantitative estimate of drug-likeness (QED) is 0.777. The Balaban J connectivity index is 2.05. The predicted molar refractivity (Wildman–Crippen MR) is 86.9 cm³/mol. The van der Waals surface area contributed by atoms with Crippen molar-refractivity contribution in [1.82, 2.24) is 10.2 Å². The minimum absolute atomic E-state index is 0.223. The van der Waals surface area contributed by atoms with Crippen molar-refractivity contribution in [1.29, 1.82) is 0 Å². The van der Waals surface area contributed by atoms with Gasteiger partial charge in [0, 0.05) is 19.1 Å². The summed E-state index contributed by atoms with van der Waals surface area (Å²) in [5.41, 5.74) is 1.63. The van der Waals surface area contributed by atoms with Gasteiger partial charge in [-0.05, 0) is 43.3 Å². The topological polar surface area (TPSA) is 15.3 Å². The fourth-order valence-corrected chi connectivity index (χ4v) is 3.29. The summed E-state index contributed by atoms with van der Waals surface area (Å²) in [6, 6.07) is 11.3. The van der Waals surface area contributed by atoms with E-state index in [1.54, 1.807) is 0 Å². The molecule has 2 nitrogen and oxygen atoms in total. The second-order valence-corrected chi connectivity index (χ2v) is 7.03. The van der Waals surface area contributed by atoms with Gasteiger partial charge in [-0.25, -0.2) is 0 Å². The van der Waals surface area contributed by atoms with Crippen LogP contribution in [0.4, 0.5) is 0 Å². The SMILES string of the molecule is CCNC(c1ccccc1)C(C)(C)CN(C)CC1CC1. The van der Waals surface area contributed by atoms with Crippen LogP contribution >= 0.6 is 0 Å². The van der Waals surface area contributed by atoms with E-state index >= 15 is 0 Å². The number of hydrogen-bond acceptors (Lipinski definition) is 2. The van der Waals surface area contributed by atoms with Gasteiger partial charge in [-0.3, -0.25) is 0 Å². The van der Waals surface area contributed by atoms with Crippen molar-refractivity contribution >= 4 is 0 Å². The maximum Gasteiger partial charge on any atom is 0.0384 e. The molecule has 0 saturated heterocycles. The van der Waals surface area contributed by atoms with Crippen molar-refractivity contribution in [2.45, 2.75) is 39.7 Å². The van der Waals surface area contributed by atoms with Crippen molar-refractivity contribution in [2.24, 2.45) is 11.3 Å². The number of benzene rings is 1. The van der Waals surface area contributed by atoms with Crippen LogP contribution in [-0.2, 0) is 0 Å². The summed E-state index contributed by atoms with van der Waals surface area (Å²) in [4.78, 5) is 2.52. The maximum atomic E-state index is 3.69. The molecule has 0 spiro atoms. The predicted octanol–water partition coefficient (Wildman–Crippen LogP) is 3.71. The fraction of sp³-hybridized carbons (Fsp3) is 0.667. The first-order valence-corrected chi connectivity index (χ1v) is 8.00. The van der Waals surface area contributed by atoms with Crippen LogP contribution in [0.5, 0.6) is 0 Å². The molecule has 2 rings (SSSR count). The molecule has 1 unspecified atom stereocenters. The van der Waals surface area contributed by atoms with Crippen molar-refractivity contribution in [3.8, 4) is 0 Å². The van der Waals surface area contributed by atoms with Crippen LogP contribution < -0.4 is 5.32 Å². The van der Waals surface area contributed by atoms with E-state index in [0.29, 0.717) is 6.04 Å². The Bertz CT molecular complexity index is 395. The van der Waals surface area contributed by atoms with E-state index in [2.05, 4.69) is 68.4 Å². The highest BCUT2D eigenvalue weighted by Crippen LogP contribution is 2.35. The molecule has 1 aliphatic rings. The average molecular weight is 274 g/mol. The molecule has 1 aromatic carbocycles. The molecule has 112 valence electrons. The highest BCUT2D eigenvalue weighted by Gasteiger charge is 2.32. The molecule has 0 aromatic heterocycles. The zero-order valence-corrected chi connectivity index (χ0v) is 13.5. The molecule has 0 bridgehead atoms. The number of nitrogens with one attached hydrogen (secondary N) is 1. The minimum Gasteiger partial charge on any atom is -0.310 e. The zero-order valence-electron chi connectivity index (χ0n) is 13.5. The summed E-state index contributed by atoms with van der Waals surface area (Å²) in [6.45, 7) is 10.4.